The number of benzene rings is 2. The Bertz CT molecular complexity index is 1220. The third kappa shape index (κ3) is 6.70. The Kier molecular flexibility index (Phi) is 9.20. The van der Waals surface area contributed by atoms with Gasteiger partial charge in [-0.05, 0) is 60.7 Å². The number of carbonyl (C=O) groups is 4. The molecule has 190 valence electrons. The molecule has 1 saturated heterocycles. The molecule has 1 fully saturated rings. The SMILES string of the molecule is CCOc1cc(/C=C2/SC(=O)N(CC(=O)Nc3ccc(OC)c(Cl)c3)C2=O)ccc1OCC(=O)OC. The van der Waals surface area contributed by atoms with Crippen LogP contribution in [0.3, 0.4) is 0 Å². The third-order valence-corrected chi connectivity index (χ3v) is 5.95. The van der Waals surface area contributed by atoms with Crippen LogP contribution in [-0.2, 0) is 19.1 Å². The summed E-state index contributed by atoms with van der Waals surface area (Å²) in [6.45, 7) is 1.37. The molecule has 2 aromatic carbocycles. The highest BCUT2D eigenvalue weighted by atomic mass is 35.5. The number of halogens is 1. The fourth-order valence-electron chi connectivity index (χ4n) is 3.07. The lowest BCUT2D eigenvalue weighted by Gasteiger charge is -2.13. The second-order valence-corrected chi connectivity index (χ2v) is 8.57. The Balaban J connectivity index is 1.70. The monoisotopic (exact) mass is 534 g/mol. The summed E-state index contributed by atoms with van der Waals surface area (Å²) in [5.41, 5.74) is 0.956. The average Bonchev–Trinajstić information content (AvgIpc) is 3.10. The van der Waals surface area contributed by atoms with Gasteiger partial charge in [0.15, 0.2) is 18.1 Å². The van der Waals surface area contributed by atoms with E-state index in [4.69, 9.17) is 25.8 Å². The molecule has 0 bridgehead atoms. The van der Waals surface area contributed by atoms with Crippen LogP contribution in [0.15, 0.2) is 41.3 Å². The highest BCUT2D eigenvalue weighted by Gasteiger charge is 2.36. The minimum atomic E-state index is -0.600. The summed E-state index contributed by atoms with van der Waals surface area (Å²) in [5, 5.41) is 2.33. The van der Waals surface area contributed by atoms with Crippen molar-refractivity contribution in [3.8, 4) is 17.2 Å². The van der Waals surface area contributed by atoms with Gasteiger partial charge in [-0.3, -0.25) is 19.3 Å². The van der Waals surface area contributed by atoms with Crippen molar-refractivity contribution < 1.29 is 38.1 Å². The number of carbonyl (C=O) groups excluding carboxylic acids is 4. The molecule has 1 aliphatic heterocycles. The molecule has 3 amide bonds. The second-order valence-electron chi connectivity index (χ2n) is 7.17. The average molecular weight is 535 g/mol. The highest BCUT2D eigenvalue weighted by molar-refractivity contribution is 8.18. The number of rotatable bonds is 10. The summed E-state index contributed by atoms with van der Waals surface area (Å²) in [6, 6.07) is 9.51. The Labute approximate surface area is 216 Å². The van der Waals surface area contributed by atoms with E-state index in [1.54, 1.807) is 37.3 Å². The summed E-state index contributed by atoms with van der Waals surface area (Å²) in [4.78, 5) is 50.1. The number of anilines is 1. The van der Waals surface area contributed by atoms with Gasteiger partial charge in [-0.25, -0.2) is 4.79 Å². The van der Waals surface area contributed by atoms with E-state index in [1.807, 2.05) is 0 Å². The summed E-state index contributed by atoms with van der Waals surface area (Å²) < 4.78 is 20.6. The van der Waals surface area contributed by atoms with E-state index in [0.717, 1.165) is 16.7 Å². The van der Waals surface area contributed by atoms with Crippen molar-refractivity contribution in [2.75, 3.05) is 39.3 Å². The van der Waals surface area contributed by atoms with Crippen molar-refractivity contribution >= 4 is 58.1 Å². The maximum absolute atomic E-state index is 12.8. The number of nitrogens with one attached hydrogen (secondary N) is 1. The van der Waals surface area contributed by atoms with Gasteiger partial charge in [0.1, 0.15) is 12.3 Å². The van der Waals surface area contributed by atoms with Crippen LogP contribution in [0.2, 0.25) is 5.02 Å². The van der Waals surface area contributed by atoms with Gasteiger partial charge in [-0.15, -0.1) is 0 Å². The molecular weight excluding hydrogens is 512 g/mol. The summed E-state index contributed by atoms with van der Waals surface area (Å²) in [6.07, 6.45) is 1.51. The van der Waals surface area contributed by atoms with Crippen LogP contribution in [0.5, 0.6) is 17.2 Å². The van der Waals surface area contributed by atoms with Crippen LogP contribution < -0.4 is 19.5 Å². The molecular formula is C24H23ClN2O8S. The standard InChI is InChI=1S/C24H23ClN2O8S/c1-4-34-19-9-14(5-7-18(19)35-13-22(29)33-3)10-20-23(30)27(24(31)36-20)12-21(28)26-15-6-8-17(32-2)16(25)11-15/h5-11H,4,12-13H2,1-3H3,(H,26,28)/b20-10+. The molecule has 0 aliphatic carbocycles. The number of hydrogen-bond donors (Lipinski definition) is 1. The van der Waals surface area contributed by atoms with Crippen LogP contribution in [0.4, 0.5) is 10.5 Å². The quantitative estimate of drug-likeness (QED) is 0.356. The molecule has 2 aromatic rings. The minimum Gasteiger partial charge on any atom is -0.495 e. The number of imide groups is 1. The van der Waals surface area contributed by atoms with Crippen LogP contribution >= 0.6 is 23.4 Å². The van der Waals surface area contributed by atoms with Gasteiger partial charge in [0, 0.05) is 5.69 Å². The first-order valence-corrected chi connectivity index (χ1v) is 11.8. The van der Waals surface area contributed by atoms with E-state index in [9.17, 15) is 19.2 Å². The van der Waals surface area contributed by atoms with Crippen LogP contribution in [-0.4, -0.2) is 61.9 Å². The van der Waals surface area contributed by atoms with Gasteiger partial charge >= 0.3 is 5.97 Å². The van der Waals surface area contributed by atoms with E-state index >= 15 is 0 Å². The molecule has 36 heavy (non-hydrogen) atoms. The topological polar surface area (TPSA) is 120 Å². The van der Waals surface area contributed by atoms with Gasteiger partial charge in [0.25, 0.3) is 11.1 Å². The van der Waals surface area contributed by atoms with Crippen molar-refractivity contribution in [3.05, 3.63) is 51.9 Å². The van der Waals surface area contributed by atoms with Gasteiger partial charge in [-0.2, -0.15) is 0 Å². The number of hydrogen-bond acceptors (Lipinski definition) is 9. The first-order valence-electron chi connectivity index (χ1n) is 10.6. The van der Waals surface area contributed by atoms with Crippen LogP contribution in [0.1, 0.15) is 12.5 Å². The molecule has 0 radical (unpaired) electrons. The Morgan fingerprint density at radius 2 is 1.81 bits per heavy atom. The molecule has 1 heterocycles. The number of thioether (sulfide) groups is 1. The predicted octanol–water partition coefficient (Wildman–Crippen LogP) is 3.97. The zero-order valence-corrected chi connectivity index (χ0v) is 21.2. The van der Waals surface area contributed by atoms with Crippen molar-refractivity contribution in [1.29, 1.82) is 0 Å². The molecule has 10 nitrogen and oxygen atoms in total. The normalized spacial score (nSPS) is 14.1. The largest absolute Gasteiger partial charge is 0.495 e. The first kappa shape index (κ1) is 26.9. The molecule has 1 N–H and O–H groups in total. The smallest absolute Gasteiger partial charge is 0.343 e. The molecule has 1 aliphatic rings. The summed E-state index contributed by atoms with van der Waals surface area (Å²) in [5.74, 6) is -0.590. The zero-order chi connectivity index (χ0) is 26.2. The maximum Gasteiger partial charge on any atom is 0.343 e. The zero-order valence-electron chi connectivity index (χ0n) is 19.7. The Morgan fingerprint density at radius 3 is 2.47 bits per heavy atom. The molecule has 12 heteroatoms. The number of esters is 1. The van der Waals surface area contributed by atoms with Crippen LogP contribution in [0.25, 0.3) is 6.08 Å². The van der Waals surface area contributed by atoms with Crippen molar-refractivity contribution in [1.82, 2.24) is 4.90 Å². The number of nitrogens with zero attached hydrogens (tertiary/aromatic N) is 1. The number of ether oxygens (including phenoxy) is 4. The van der Waals surface area contributed by atoms with E-state index < -0.39 is 29.6 Å². The number of methoxy groups -OCH3 is 2. The third-order valence-electron chi connectivity index (χ3n) is 4.75. The predicted molar refractivity (Wildman–Crippen MR) is 134 cm³/mol. The fraction of sp³-hybridized carbons (Fsp3) is 0.250. The minimum absolute atomic E-state index is 0.144. The van der Waals surface area contributed by atoms with Gasteiger partial charge < -0.3 is 24.3 Å². The highest BCUT2D eigenvalue weighted by Crippen LogP contribution is 2.35. The summed E-state index contributed by atoms with van der Waals surface area (Å²) in [7, 11) is 2.72. The lowest BCUT2D eigenvalue weighted by molar-refractivity contribution is -0.143. The molecule has 0 spiro atoms. The van der Waals surface area contributed by atoms with E-state index in [1.165, 1.54) is 26.4 Å². The van der Waals surface area contributed by atoms with E-state index in [2.05, 4.69) is 10.1 Å². The second kappa shape index (κ2) is 12.3. The van der Waals surface area contributed by atoms with Crippen LogP contribution in [0, 0.1) is 0 Å². The van der Waals surface area contributed by atoms with Crippen molar-refractivity contribution in [2.45, 2.75) is 6.92 Å². The van der Waals surface area contributed by atoms with Gasteiger partial charge in [0.05, 0.1) is 30.8 Å². The molecule has 3 rings (SSSR count). The Hall–Kier alpha value is -3.70. The van der Waals surface area contributed by atoms with Crippen molar-refractivity contribution in [2.24, 2.45) is 0 Å². The lowest BCUT2D eigenvalue weighted by atomic mass is 10.2. The summed E-state index contributed by atoms with van der Waals surface area (Å²) >= 11 is 6.78. The number of amides is 3. The first-order chi connectivity index (χ1) is 17.2. The molecule has 0 saturated carbocycles. The van der Waals surface area contributed by atoms with Crippen molar-refractivity contribution in [3.63, 3.8) is 0 Å². The molecule has 0 unspecified atom stereocenters. The maximum atomic E-state index is 12.8. The van der Waals surface area contributed by atoms with E-state index in [0.29, 0.717) is 40.1 Å². The Morgan fingerprint density at radius 1 is 1.06 bits per heavy atom. The van der Waals surface area contributed by atoms with Gasteiger partial charge in [0.2, 0.25) is 5.91 Å². The lowest BCUT2D eigenvalue weighted by Crippen LogP contribution is -2.36. The molecule has 0 atom stereocenters. The fourth-order valence-corrected chi connectivity index (χ4v) is 4.17. The molecule has 0 aromatic heterocycles. The van der Waals surface area contributed by atoms with E-state index in [-0.39, 0.29) is 11.5 Å². The van der Waals surface area contributed by atoms with Gasteiger partial charge in [-0.1, -0.05) is 17.7 Å².